The van der Waals surface area contributed by atoms with Gasteiger partial charge in [0.15, 0.2) is 0 Å². The highest BCUT2D eigenvalue weighted by atomic mass is 15.2. The molecular formula is C12H24N2. The average Bonchev–Trinajstić information content (AvgIpc) is 2.91. The molecule has 2 fully saturated rings. The molecule has 1 heterocycles. The molecule has 0 aromatic rings. The Hall–Kier alpha value is -0.0800. The number of likely N-dealkylation sites (tertiary alicyclic amines) is 1. The Morgan fingerprint density at radius 2 is 2.14 bits per heavy atom. The fraction of sp³-hybridized carbons (Fsp3) is 1.00. The standard InChI is InChI=1S/C12H24N2/c1-2-14-10-4-6-12(14)5-3-9-13-11-7-8-11/h11-13H,2-10H2,1H3. The first-order chi connectivity index (χ1) is 6.90. The molecule has 0 bridgehead atoms. The van der Waals surface area contributed by atoms with E-state index in [2.05, 4.69) is 17.1 Å². The van der Waals surface area contributed by atoms with E-state index in [1.807, 2.05) is 0 Å². The van der Waals surface area contributed by atoms with Crippen LogP contribution in [-0.4, -0.2) is 36.6 Å². The number of nitrogens with zero attached hydrogens (tertiary/aromatic N) is 1. The van der Waals surface area contributed by atoms with Crippen molar-refractivity contribution in [2.75, 3.05) is 19.6 Å². The van der Waals surface area contributed by atoms with Crippen molar-refractivity contribution in [2.45, 2.75) is 57.5 Å². The van der Waals surface area contributed by atoms with Crippen molar-refractivity contribution >= 4 is 0 Å². The minimum atomic E-state index is 0.890. The molecule has 14 heavy (non-hydrogen) atoms. The van der Waals surface area contributed by atoms with E-state index >= 15 is 0 Å². The lowest BCUT2D eigenvalue weighted by Gasteiger charge is -2.22. The summed E-state index contributed by atoms with van der Waals surface area (Å²) in [5.74, 6) is 0. The van der Waals surface area contributed by atoms with Gasteiger partial charge in [0.2, 0.25) is 0 Å². The first kappa shape index (κ1) is 10.4. The van der Waals surface area contributed by atoms with Crippen LogP contribution in [-0.2, 0) is 0 Å². The summed E-state index contributed by atoms with van der Waals surface area (Å²) in [6.07, 6.45) is 8.49. The van der Waals surface area contributed by atoms with Crippen molar-refractivity contribution in [3.8, 4) is 0 Å². The normalized spacial score (nSPS) is 28.5. The van der Waals surface area contributed by atoms with Crippen molar-refractivity contribution in [3.63, 3.8) is 0 Å². The van der Waals surface area contributed by atoms with E-state index in [1.54, 1.807) is 0 Å². The van der Waals surface area contributed by atoms with Crippen LogP contribution in [0.5, 0.6) is 0 Å². The van der Waals surface area contributed by atoms with Gasteiger partial charge >= 0.3 is 0 Å². The van der Waals surface area contributed by atoms with Gasteiger partial charge in [0.1, 0.15) is 0 Å². The van der Waals surface area contributed by atoms with E-state index in [1.165, 1.54) is 58.2 Å². The Balaban J connectivity index is 1.54. The lowest BCUT2D eigenvalue weighted by molar-refractivity contribution is 0.251. The van der Waals surface area contributed by atoms with Crippen LogP contribution in [0.1, 0.15) is 45.4 Å². The smallest absolute Gasteiger partial charge is 0.00960 e. The van der Waals surface area contributed by atoms with Gasteiger partial charge in [-0.25, -0.2) is 0 Å². The lowest BCUT2D eigenvalue weighted by atomic mass is 10.1. The second-order valence-corrected chi connectivity index (χ2v) is 4.80. The van der Waals surface area contributed by atoms with E-state index in [4.69, 9.17) is 0 Å². The van der Waals surface area contributed by atoms with E-state index in [0.29, 0.717) is 0 Å². The summed E-state index contributed by atoms with van der Waals surface area (Å²) in [6.45, 7) is 6.14. The predicted molar refractivity (Wildman–Crippen MR) is 60.5 cm³/mol. The van der Waals surface area contributed by atoms with Crippen molar-refractivity contribution in [1.29, 1.82) is 0 Å². The third kappa shape index (κ3) is 2.96. The monoisotopic (exact) mass is 196 g/mol. The SMILES string of the molecule is CCN1CCCC1CCCNC1CC1. The maximum atomic E-state index is 3.59. The van der Waals surface area contributed by atoms with Crippen LogP contribution in [0.3, 0.4) is 0 Å². The Morgan fingerprint density at radius 1 is 1.29 bits per heavy atom. The van der Waals surface area contributed by atoms with E-state index in [9.17, 15) is 0 Å². The van der Waals surface area contributed by atoms with Gasteiger partial charge in [-0.3, -0.25) is 0 Å². The molecule has 1 unspecified atom stereocenters. The molecule has 1 atom stereocenters. The fourth-order valence-electron chi connectivity index (χ4n) is 2.57. The van der Waals surface area contributed by atoms with Crippen molar-refractivity contribution in [3.05, 3.63) is 0 Å². The zero-order chi connectivity index (χ0) is 9.80. The van der Waals surface area contributed by atoms with Gasteiger partial charge in [0.25, 0.3) is 0 Å². The second kappa shape index (κ2) is 5.13. The lowest BCUT2D eigenvalue weighted by Crippen LogP contribution is -2.30. The molecule has 2 nitrogen and oxygen atoms in total. The summed E-state index contributed by atoms with van der Waals surface area (Å²) < 4.78 is 0. The maximum absolute atomic E-state index is 3.59. The first-order valence-electron chi connectivity index (χ1n) is 6.37. The third-order valence-corrected chi connectivity index (χ3v) is 3.63. The molecule has 1 saturated heterocycles. The molecule has 0 spiro atoms. The summed E-state index contributed by atoms with van der Waals surface area (Å²) in [7, 11) is 0. The van der Waals surface area contributed by atoms with Crippen LogP contribution in [0.15, 0.2) is 0 Å². The topological polar surface area (TPSA) is 15.3 Å². The summed E-state index contributed by atoms with van der Waals surface area (Å²) in [5.41, 5.74) is 0. The molecule has 2 rings (SSSR count). The molecule has 2 heteroatoms. The van der Waals surface area contributed by atoms with Gasteiger partial charge in [-0.2, -0.15) is 0 Å². The van der Waals surface area contributed by atoms with Gasteiger partial charge in [-0.1, -0.05) is 6.92 Å². The van der Waals surface area contributed by atoms with E-state index in [0.717, 1.165) is 12.1 Å². The molecule has 2 aliphatic rings. The van der Waals surface area contributed by atoms with Gasteiger partial charge < -0.3 is 10.2 Å². The highest BCUT2D eigenvalue weighted by Crippen LogP contribution is 2.21. The number of nitrogens with one attached hydrogen (secondary N) is 1. The molecule has 0 aromatic carbocycles. The molecule has 1 N–H and O–H groups in total. The molecule has 0 radical (unpaired) electrons. The minimum absolute atomic E-state index is 0.890. The molecule has 1 aliphatic carbocycles. The highest BCUT2D eigenvalue weighted by Gasteiger charge is 2.23. The average molecular weight is 196 g/mol. The number of hydrogen-bond acceptors (Lipinski definition) is 2. The van der Waals surface area contributed by atoms with Gasteiger partial charge in [0, 0.05) is 12.1 Å². The molecule has 0 amide bonds. The Labute approximate surface area is 88.1 Å². The van der Waals surface area contributed by atoms with Crippen LogP contribution in [0.2, 0.25) is 0 Å². The Kier molecular flexibility index (Phi) is 3.82. The van der Waals surface area contributed by atoms with Crippen molar-refractivity contribution in [2.24, 2.45) is 0 Å². The summed E-state index contributed by atoms with van der Waals surface area (Å²) in [6, 6.07) is 1.79. The van der Waals surface area contributed by atoms with E-state index in [-0.39, 0.29) is 0 Å². The largest absolute Gasteiger partial charge is 0.314 e. The summed E-state index contributed by atoms with van der Waals surface area (Å²) >= 11 is 0. The molecule has 82 valence electrons. The van der Waals surface area contributed by atoms with Gasteiger partial charge in [-0.05, 0) is 58.2 Å². The van der Waals surface area contributed by atoms with Crippen LogP contribution in [0.25, 0.3) is 0 Å². The summed E-state index contributed by atoms with van der Waals surface area (Å²) in [4.78, 5) is 2.65. The minimum Gasteiger partial charge on any atom is -0.314 e. The van der Waals surface area contributed by atoms with Crippen LogP contribution >= 0.6 is 0 Å². The zero-order valence-corrected chi connectivity index (χ0v) is 9.47. The van der Waals surface area contributed by atoms with Crippen molar-refractivity contribution in [1.82, 2.24) is 10.2 Å². The van der Waals surface area contributed by atoms with Gasteiger partial charge in [0.05, 0.1) is 0 Å². The third-order valence-electron chi connectivity index (χ3n) is 3.63. The number of hydrogen-bond donors (Lipinski definition) is 1. The van der Waals surface area contributed by atoms with E-state index < -0.39 is 0 Å². The van der Waals surface area contributed by atoms with Crippen LogP contribution in [0, 0.1) is 0 Å². The quantitative estimate of drug-likeness (QED) is 0.654. The molecule has 0 aromatic heterocycles. The Morgan fingerprint density at radius 3 is 2.86 bits per heavy atom. The fourth-order valence-corrected chi connectivity index (χ4v) is 2.57. The number of rotatable bonds is 6. The van der Waals surface area contributed by atoms with Crippen LogP contribution in [0.4, 0.5) is 0 Å². The van der Waals surface area contributed by atoms with Crippen molar-refractivity contribution < 1.29 is 0 Å². The van der Waals surface area contributed by atoms with Gasteiger partial charge in [-0.15, -0.1) is 0 Å². The second-order valence-electron chi connectivity index (χ2n) is 4.80. The maximum Gasteiger partial charge on any atom is 0.00960 e. The molecule has 1 aliphatic heterocycles. The zero-order valence-electron chi connectivity index (χ0n) is 9.47. The highest BCUT2D eigenvalue weighted by molar-refractivity contribution is 4.82. The molecule has 1 saturated carbocycles. The molecular weight excluding hydrogens is 172 g/mol. The Bertz CT molecular complexity index is 166. The summed E-state index contributed by atoms with van der Waals surface area (Å²) in [5, 5.41) is 3.59. The first-order valence-corrected chi connectivity index (χ1v) is 6.37. The predicted octanol–water partition coefficient (Wildman–Crippen LogP) is 2.00. The van der Waals surface area contributed by atoms with Crippen LogP contribution < -0.4 is 5.32 Å².